The van der Waals surface area contributed by atoms with Gasteiger partial charge in [0.25, 0.3) is 5.91 Å². The van der Waals surface area contributed by atoms with Crippen LogP contribution in [0.5, 0.6) is 11.5 Å². The highest BCUT2D eigenvalue weighted by atomic mass is 32.1. The summed E-state index contributed by atoms with van der Waals surface area (Å²) in [7, 11) is 4.61. The Morgan fingerprint density at radius 1 is 0.944 bits per heavy atom. The molecule has 7 nitrogen and oxygen atoms in total. The summed E-state index contributed by atoms with van der Waals surface area (Å²) in [5.74, 6) is 0.0538. The van der Waals surface area contributed by atoms with Crippen LogP contribution in [-0.2, 0) is 22.6 Å². The van der Waals surface area contributed by atoms with Crippen molar-refractivity contribution < 1.29 is 28.2 Å². The van der Waals surface area contributed by atoms with Crippen LogP contribution in [0, 0.1) is 5.82 Å². The lowest BCUT2D eigenvalue weighted by Gasteiger charge is -2.28. The number of ether oxygens (including phenoxy) is 3. The van der Waals surface area contributed by atoms with Crippen molar-refractivity contribution in [1.82, 2.24) is 9.80 Å². The lowest BCUT2D eigenvalue weighted by atomic mass is 10.1. The van der Waals surface area contributed by atoms with E-state index in [1.54, 1.807) is 53.7 Å². The molecule has 0 aliphatic rings. The molecule has 0 N–H and O–H groups in total. The third-order valence-electron chi connectivity index (χ3n) is 5.60. The average Bonchev–Trinajstić information content (AvgIpc) is 3.41. The summed E-state index contributed by atoms with van der Waals surface area (Å²) < 4.78 is 29.2. The molecule has 3 rings (SSSR count). The molecule has 9 heteroatoms. The highest BCUT2D eigenvalue weighted by molar-refractivity contribution is 7.09. The van der Waals surface area contributed by atoms with E-state index in [1.807, 2.05) is 17.5 Å². The first-order chi connectivity index (χ1) is 17.4. The van der Waals surface area contributed by atoms with Crippen LogP contribution in [0.4, 0.5) is 4.39 Å². The standard InChI is InChI=1S/C27H31FN2O5S/c1-33-14-5-13-29(27(32)24-12-11-22(34-2)16-25(24)35-3)19-26(31)30(18-23-6-4-15-36-23)17-20-7-9-21(28)10-8-20/h4,6-12,15-16H,5,13-14,17-19H2,1-3H3. The quantitative estimate of drug-likeness (QED) is 0.312. The van der Waals surface area contributed by atoms with Crippen LogP contribution in [0.3, 0.4) is 0 Å². The molecule has 0 bridgehead atoms. The van der Waals surface area contributed by atoms with E-state index < -0.39 is 0 Å². The highest BCUT2D eigenvalue weighted by Crippen LogP contribution is 2.26. The van der Waals surface area contributed by atoms with Crippen molar-refractivity contribution in [3.63, 3.8) is 0 Å². The molecule has 0 spiro atoms. The van der Waals surface area contributed by atoms with Gasteiger partial charge in [-0.2, -0.15) is 0 Å². The summed E-state index contributed by atoms with van der Waals surface area (Å²) >= 11 is 1.55. The van der Waals surface area contributed by atoms with E-state index in [4.69, 9.17) is 14.2 Å². The van der Waals surface area contributed by atoms with Gasteiger partial charge in [0.2, 0.25) is 5.91 Å². The van der Waals surface area contributed by atoms with Crippen molar-refractivity contribution in [2.45, 2.75) is 19.5 Å². The largest absolute Gasteiger partial charge is 0.497 e. The fourth-order valence-electron chi connectivity index (χ4n) is 3.69. The SMILES string of the molecule is COCCCN(CC(=O)N(Cc1ccc(F)cc1)Cc1cccs1)C(=O)c1ccc(OC)cc1OC. The summed E-state index contributed by atoms with van der Waals surface area (Å²) in [4.78, 5) is 31.3. The topological polar surface area (TPSA) is 68.3 Å². The van der Waals surface area contributed by atoms with Gasteiger partial charge >= 0.3 is 0 Å². The molecule has 1 heterocycles. The number of nitrogens with zero attached hydrogens (tertiary/aromatic N) is 2. The number of rotatable bonds is 13. The van der Waals surface area contributed by atoms with Crippen molar-refractivity contribution >= 4 is 23.2 Å². The van der Waals surface area contributed by atoms with E-state index in [1.165, 1.54) is 31.3 Å². The number of benzene rings is 2. The van der Waals surface area contributed by atoms with Crippen LogP contribution in [0.15, 0.2) is 60.0 Å². The summed E-state index contributed by atoms with van der Waals surface area (Å²) in [5.41, 5.74) is 1.14. The number of carbonyl (C=O) groups excluding carboxylic acids is 2. The fourth-order valence-corrected chi connectivity index (χ4v) is 4.41. The van der Waals surface area contributed by atoms with Crippen molar-refractivity contribution in [3.05, 3.63) is 81.8 Å². The van der Waals surface area contributed by atoms with Gasteiger partial charge in [-0.25, -0.2) is 4.39 Å². The molecule has 1 aromatic heterocycles. The normalized spacial score (nSPS) is 10.7. The van der Waals surface area contributed by atoms with Gasteiger partial charge in [0.05, 0.1) is 26.3 Å². The molecule has 0 fully saturated rings. The number of hydrogen-bond donors (Lipinski definition) is 0. The van der Waals surface area contributed by atoms with E-state index in [0.29, 0.717) is 49.7 Å². The van der Waals surface area contributed by atoms with Gasteiger partial charge in [0.1, 0.15) is 23.9 Å². The Morgan fingerprint density at radius 3 is 2.36 bits per heavy atom. The first kappa shape index (κ1) is 27.2. The van der Waals surface area contributed by atoms with Gasteiger partial charge in [-0.15, -0.1) is 11.3 Å². The van der Waals surface area contributed by atoms with E-state index in [2.05, 4.69) is 0 Å². The van der Waals surface area contributed by atoms with Crippen molar-refractivity contribution in [2.24, 2.45) is 0 Å². The summed E-state index contributed by atoms with van der Waals surface area (Å²) in [6.07, 6.45) is 0.566. The number of methoxy groups -OCH3 is 3. The molecular formula is C27H31FN2O5S. The van der Waals surface area contributed by atoms with Gasteiger partial charge in [0, 0.05) is 37.7 Å². The molecule has 192 valence electrons. The van der Waals surface area contributed by atoms with Crippen LogP contribution in [0.2, 0.25) is 0 Å². The Balaban J connectivity index is 1.84. The van der Waals surface area contributed by atoms with Gasteiger partial charge in [-0.3, -0.25) is 9.59 Å². The molecule has 2 amide bonds. The van der Waals surface area contributed by atoms with Crippen molar-refractivity contribution in [1.29, 1.82) is 0 Å². The Hall–Kier alpha value is -3.43. The highest BCUT2D eigenvalue weighted by Gasteiger charge is 2.25. The molecule has 0 atom stereocenters. The molecule has 0 radical (unpaired) electrons. The Bertz CT molecular complexity index is 1120. The summed E-state index contributed by atoms with van der Waals surface area (Å²) in [5, 5.41) is 1.95. The maximum absolute atomic E-state index is 13.6. The second-order valence-corrected chi connectivity index (χ2v) is 9.13. The molecule has 3 aromatic rings. The molecular weight excluding hydrogens is 483 g/mol. The first-order valence-corrected chi connectivity index (χ1v) is 12.4. The Labute approximate surface area is 215 Å². The third-order valence-corrected chi connectivity index (χ3v) is 6.46. The van der Waals surface area contributed by atoms with Crippen LogP contribution in [0.1, 0.15) is 27.2 Å². The lowest BCUT2D eigenvalue weighted by Crippen LogP contribution is -2.43. The molecule has 0 saturated carbocycles. The minimum atomic E-state index is -0.335. The molecule has 0 aliphatic carbocycles. The van der Waals surface area contributed by atoms with Gasteiger partial charge < -0.3 is 24.0 Å². The fraction of sp³-hybridized carbons (Fsp3) is 0.333. The molecule has 2 aromatic carbocycles. The second kappa shape index (κ2) is 13.6. The zero-order valence-electron chi connectivity index (χ0n) is 20.7. The van der Waals surface area contributed by atoms with Crippen molar-refractivity contribution in [2.75, 3.05) is 41.0 Å². The van der Waals surface area contributed by atoms with E-state index in [0.717, 1.165) is 10.4 Å². The van der Waals surface area contributed by atoms with Gasteiger partial charge in [-0.1, -0.05) is 18.2 Å². The van der Waals surface area contributed by atoms with Crippen LogP contribution < -0.4 is 9.47 Å². The summed E-state index contributed by atoms with van der Waals surface area (Å²) in [6.45, 7) is 1.34. The zero-order chi connectivity index (χ0) is 25.9. The summed E-state index contributed by atoms with van der Waals surface area (Å²) in [6, 6.07) is 14.9. The Kier molecular flexibility index (Phi) is 10.3. The smallest absolute Gasteiger partial charge is 0.258 e. The zero-order valence-corrected chi connectivity index (χ0v) is 21.6. The monoisotopic (exact) mass is 514 g/mol. The molecule has 0 unspecified atom stereocenters. The van der Waals surface area contributed by atoms with Crippen LogP contribution >= 0.6 is 11.3 Å². The van der Waals surface area contributed by atoms with Crippen LogP contribution in [0.25, 0.3) is 0 Å². The minimum Gasteiger partial charge on any atom is -0.497 e. The number of thiophene rings is 1. The number of carbonyl (C=O) groups is 2. The maximum atomic E-state index is 13.6. The Morgan fingerprint density at radius 2 is 1.72 bits per heavy atom. The van der Waals surface area contributed by atoms with E-state index >= 15 is 0 Å². The number of amides is 2. The predicted molar refractivity (Wildman–Crippen MR) is 137 cm³/mol. The van der Waals surface area contributed by atoms with Crippen LogP contribution in [-0.4, -0.2) is 62.6 Å². The minimum absolute atomic E-state index is 0.121. The molecule has 0 saturated heterocycles. The average molecular weight is 515 g/mol. The molecule has 36 heavy (non-hydrogen) atoms. The predicted octanol–water partition coefficient (Wildman–Crippen LogP) is 4.61. The first-order valence-electron chi connectivity index (χ1n) is 11.5. The number of halogens is 1. The third kappa shape index (κ3) is 7.53. The maximum Gasteiger partial charge on any atom is 0.258 e. The number of hydrogen-bond acceptors (Lipinski definition) is 6. The van der Waals surface area contributed by atoms with Gasteiger partial charge in [0.15, 0.2) is 0 Å². The van der Waals surface area contributed by atoms with E-state index in [9.17, 15) is 14.0 Å². The second-order valence-electron chi connectivity index (χ2n) is 8.09. The molecule has 0 aliphatic heterocycles. The van der Waals surface area contributed by atoms with Crippen molar-refractivity contribution in [3.8, 4) is 11.5 Å². The lowest BCUT2D eigenvalue weighted by molar-refractivity contribution is -0.133. The van der Waals surface area contributed by atoms with Gasteiger partial charge in [-0.05, 0) is 47.7 Å². The van der Waals surface area contributed by atoms with E-state index in [-0.39, 0.29) is 24.2 Å².